The largest absolute Gasteiger partial charge is 0.309 e. The van der Waals surface area contributed by atoms with Crippen LogP contribution in [-0.4, -0.2) is 30.1 Å². The molecule has 0 saturated heterocycles. The normalized spacial score (nSPS) is 12.9. The number of hydrogen-bond acceptors (Lipinski definition) is 3. The molecule has 0 aromatic heterocycles. The summed E-state index contributed by atoms with van der Waals surface area (Å²) < 4.78 is 0. The van der Waals surface area contributed by atoms with Crippen LogP contribution in [0.2, 0.25) is 0 Å². The zero-order valence-electron chi connectivity index (χ0n) is 13.4. The molecule has 0 amide bonds. The Hall–Kier alpha value is -1.37. The van der Waals surface area contributed by atoms with Gasteiger partial charge >= 0.3 is 0 Å². The van der Waals surface area contributed by atoms with Crippen molar-refractivity contribution in [3.05, 3.63) is 35.4 Å². The van der Waals surface area contributed by atoms with Crippen LogP contribution in [0.5, 0.6) is 0 Å². The van der Waals surface area contributed by atoms with Gasteiger partial charge in [0.15, 0.2) is 0 Å². The second kappa shape index (κ2) is 8.04. The van der Waals surface area contributed by atoms with E-state index < -0.39 is 0 Å². The minimum Gasteiger partial charge on any atom is -0.309 e. The van der Waals surface area contributed by atoms with Crippen molar-refractivity contribution >= 4 is 0 Å². The summed E-state index contributed by atoms with van der Waals surface area (Å²) in [5.41, 5.74) is 1.90. The first-order valence-electron chi connectivity index (χ1n) is 7.45. The van der Waals surface area contributed by atoms with Crippen molar-refractivity contribution in [1.29, 1.82) is 5.26 Å². The quantitative estimate of drug-likeness (QED) is 0.828. The van der Waals surface area contributed by atoms with Crippen LogP contribution in [0.3, 0.4) is 0 Å². The monoisotopic (exact) mass is 273 g/mol. The zero-order valence-corrected chi connectivity index (χ0v) is 13.4. The Labute approximate surface area is 123 Å². The molecule has 0 spiro atoms. The van der Waals surface area contributed by atoms with Gasteiger partial charge in [0.1, 0.15) is 0 Å². The predicted molar refractivity (Wildman–Crippen MR) is 84.6 cm³/mol. The fourth-order valence-electron chi connectivity index (χ4n) is 2.52. The van der Waals surface area contributed by atoms with Crippen LogP contribution in [0, 0.1) is 11.3 Å². The first-order valence-corrected chi connectivity index (χ1v) is 7.45. The summed E-state index contributed by atoms with van der Waals surface area (Å²) in [4.78, 5) is 2.48. The molecule has 0 fully saturated rings. The minimum absolute atomic E-state index is 0.268. The highest BCUT2D eigenvalue weighted by molar-refractivity contribution is 5.33. The summed E-state index contributed by atoms with van der Waals surface area (Å²) in [7, 11) is 0. The van der Waals surface area contributed by atoms with Crippen molar-refractivity contribution in [3.8, 4) is 6.07 Å². The van der Waals surface area contributed by atoms with E-state index in [1.54, 1.807) is 0 Å². The minimum atomic E-state index is 0.268. The number of hydrogen-bond donors (Lipinski definition) is 1. The van der Waals surface area contributed by atoms with Crippen LogP contribution in [0.4, 0.5) is 0 Å². The third kappa shape index (κ3) is 4.96. The highest BCUT2D eigenvalue weighted by Gasteiger charge is 2.13. The van der Waals surface area contributed by atoms with Crippen LogP contribution >= 0.6 is 0 Å². The smallest absolute Gasteiger partial charge is 0.0991 e. The highest BCUT2D eigenvalue weighted by atomic mass is 15.2. The predicted octanol–water partition coefficient (Wildman–Crippen LogP) is 3.33. The highest BCUT2D eigenvalue weighted by Crippen LogP contribution is 2.13. The molecule has 0 aliphatic rings. The summed E-state index contributed by atoms with van der Waals surface area (Å²) in [6, 6.07) is 11.4. The van der Waals surface area contributed by atoms with Gasteiger partial charge in [-0.15, -0.1) is 0 Å². The molecule has 20 heavy (non-hydrogen) atoms. The summed E-state index contributed by atoms with van der Waals surface area (Å²) in [5, 5.41) is 12.5. The SMILES string of the molecule is CC(NCCN(C(C)C)C(C)C)c1cccc(C#N)c1. The van der Waals surface area contributed by atoms with Gasteiger partial charge in [-0.25, -0.2) is 0 Å². The second-order valence-corrected chi connectivity index (χ2v) is 5.84. The van der Waals surface area contributed by atoms with E-state index in [1.807, 2.05) is 18.2 Å². The molecule has 110 valence electrons. The van der Waals surface area contributed by atoms with E-state index in [2.05, 4.69) is 57.0 Å². The lowest BCUT2D eigenvalue weighted by Crippen LogP contribution is -2.41. The molecular formula is C17H27N3. The number of rotatable bonds is 7. The molecule has 1 atom stereocenters. The molecule has 3 heteroatoms. The van der Waals surface area contributed by atoms with E-state index in [0.717, 1.165) is 18.7 Å². The van der Waals surface area contributed by atoms with Crippen LogP contribution < -0.4 is 5.32 Å². The maximum atomic E-state index is 8.94. The van der Waals surface area contributed by atoms with Gasteiger partial charge in [0, 0.05) is 31.2 Å². The van der Waals surface area contributed by atoms with Gasteiger partial charge in [-0.3, -0.25) is 4.90 Å². The van der Waals surface area contributed by atoms with Gasteiger partial charge in [0.2, 0.25) is 0 Å². The molecule has 1 aromatic carbocycles. The maximum Gasteiger partial charge on any atom is 0.0991 e. The average molecular weight is 273 g/mol. The topological polar surface area (TPSA) is 39.1 Å². The summed E-state index contributed by atoms with van der Waals surface area (Å²) in [6.07, 6.45) is 0. The van der Waals surface area contributed by atoms with Crippen LogP contribution in [0.25, 0.3) is 0 Å². The lowest BCUT2D eigenvalue weighted by molar-refractivity contribution is 0.174. The molecule has 1 aromatic rings. The van der Waals surface area contributed by atoms with Crippen molar-refractivity contribution in [2.45, 2.75) is 52.7 Å². The van der Waals surface area contributed by atoms with E-state index in [-0.39, 0.29) is 6.04 Å². The van der Waals surface area contributed by atoms with E-state index in [9.17, 15) is 0 Å². The van der Waals surface area contributed by atoms with E-state index in [1.165, 1.54) is 5.56 Å². The average Bonchev–Trinajstić information content (AvgIpc) is 2.42. The Bertz CT molecular complexity index is 438. The third-order valence-corrected chi connectivity index (χ3v) is 3.66. The van der Waals surface area contributed by atoms with E-state index in [0.29, 0.717) is 12.1 Å². The Balaban J connectivity index is 2.51. The summed E-state index contributed by atoms with van der Waals surface area (Å²) in [6.45, 7) is 13.1. The van der Waals surface area contributed by atoms with Crippen LogP contribution in [-0.2, 0) is 0 Å². The van der Waals surface area contributed by atoms with E-state index >= 15 is 0 Å². The van der Waals surface area contributed by atoms with E-state index in [4.69, 9.17) is 5.26 Å². The molecule has 3 nitrogen and oxygen atoms in total. The molecule has 0 saturated carbocycles. The Morgan fingerprint density at radius 1 is 1.15 bits per heavy atom. The van der Waals surface area contributed by atoms with Gasteiger partial charge < -0.3 is 5.32 Å². The molecule has 0 aliphatic carbocycles. The number of nitriles is 1. The van der Waals surface area contributed by atoms with Gasteiger partial charge in [-0.1, -0.05) is 12.1 Å². The fraction of sp³-hybridized carbons (Fsp3) is 0.588. The van der Waals surface area contributed by atoms with Crippen LogP contribution in [0.1, 0.15) is 51.8 Å². The van der Waals surface area contributed by atoms with Gasteiger partial charge in [-0.05, 0) is 52.3 Å². The molecular weight excluding hydrogens is 246 g/mol. The standard InChI is InChI=1S/C17H27N3/c1-13(2)20(14(3)4)10-9-19-15(5)17-8-6-7-16(11-17)12-18/h6-8,11,13-15,19H,9-10H2,1-5H3. The third-order valence-electron chi connectivity index (χ3n) is 3.66. The fourth-order valence-corrected chi connectivity index (χ4v) is 2.52. The van der Waals surface area contributed by atoms with Crippen molar-refractivity contribution < 1.29 is 0 Å². The lowest BCUT2D eigenvalue weighted by atomic mass is 10.1. The lowest BCUT2D eigenvalue weighted by Gasteiger charge is -2.31. The first kappa shape index (κ1) is 16.7. The second-order valence-electron chi connectivity index (χ2n) is 5.84. The van der Waals surface area contributed by atoms with Gasteiger partial charge in [0.05, 0.1) is 11.6 Å². The maximum absolute atomic E-state index is 8.94. The number of benzene rings is 1. The molecule has 0 radical (unpaired) electrons. The van der Waals surface area contributed by atoms with Crippen molar-refractivity contribution in [3.63, 3.8) is 0 Å². The molecule has 1 unspecified atom stereocenters. The molecule has 0 bridgehead atoms. The molecule has 1 rings (SSSR count). The summed E-state index contributed by atoms with van der Waals surface area (Å²) >= 11 is 0. The molecule has 0 aliphatic heterocycles. The van der Waals surface area contributed by atoms with Crippen molar-refractivity contribution in [2.75, 3.05) is 13.1 Å². The Morgan fingerprint density at radius 3 is 2.35 bits per heavy atom. The molecule has 1 N–H and O–H groups in total. The van der Waals surface area contributed by atoms with Gasteiger partial charge in [0.25, 0.3) is 0 Å². The van der Waals surface area contributed by atoms with Crippen molar-refractivity contribution in [1.82, 2.24) is 10.2 Å². The first-order chi connectivity index (χ1) is 9.45. The zero-order chi connectivity index (χ0) is 15.1. The Morgan fingerprint density at radius 2 is 1.80 bits per heavy atom. The van der Waals surface area contributed by atoms with Gasteiger partial charge in [-0.2, -0.15) is 5.26 Å². The molecule has 0 heterocycles. The van der Waals surface area contributed by atoms with Crippen LogP contribution in [0.15, 0.2) is 24.3 Å². The Kier molecular flexibility index (Phi) is 6.70. The number of nitrogens with one attached hydrogen (secondary N) is 1. The summed E-state index contributed by atoms with van der Waals surface area (Å²) in [5.74, 6) is 0. The number of nitrogens with zero attached hydrogens (tertiary/aromatic N) is 2. The van der Waals surface area contributed by atoms with Crippen molar-refractivity contribution in [2.24, 2.45) is 0 Å².